The number of amides is 1. The highest BCUT2D eigenvalue weighted by molar-refractivity contribution is 9.10. The van der Waals surface area contributed by atoms with E-state index in [1.165, 1.54) is 11.8 Å². The van der Waals surface area contributed by atoms with Gasteiger partial charge in [-0.05, 0) is 30.3 Å². The Morgan fingerprint density at radius 1 is 1.21 bits per heavy atom. The molecule has 3 N–H and O–H groups in total. The first-order chi connectivity index (χ1) is 9.15. The molecule has 2 rings (SSSR count). The largest absolute Gasteiger partial charge is 0.398 e. The third-order valence-electron chi connectivity index (χ3n) is 2.39. The molecule has 0 aliphatic rings. The highest BCUT2D eigenvalue weighted by Gasteiger charge is 2.06. The molecule has 19 heavy (non-hydrogen) atoms. The second kappa shape index (κ2) is 6.63. The van der Waals surface area contributed by atoms with Gasteiger partial charge in [-0.3, -0.25) is 4.79 Å². The van der Waals surface area contributed by atoms with Crippen LogP contribution in [-0.4, -0.2) is 11.7 Å². The van der Waals surface area contributed by atoms with Crippen LogP contribution in [0.15, 0.2) is 57.9 Å². The molecule has 3 nitrogen and oxygen atoms in total. The number of nitrogens with two attached hydrogens (primary N) is 1. The van der Waals surface area contributed by atoms with Crippen LogP contribution >= 0.6 is 27.7 Å². The summed E-state index contributed by atoms with van der Waals surface area (Å²) >= 11 is 4.78. The van der Waals surface area contributed by atoms with Gasteiger partial charge in [0.1, 0.15) is 0 Å². The van der Waals surface area contributed by atoms with Crippen molar-refractivity contribution in [2.75, 3.05) is 16.8 Å². The molecular formula is C14H13BrN2OS. The molecule has 0 spiro atoms. The highest BCUT2D eigenvalue weighted by Crippen LogP contribution is 2.27. The standard InChI is InChI=1S/C14H13BrN2OS/c15-10-6-7-13(12(16)8-10)19-9-14(18)17-11-4-2-1-3-5-11/h1-8H,9,16H2,(H,17,18). The number of nitrogen functional groups attached to an aromatic ring is 1. The summed E-state index contributed by atoms with van der Waals surface area (Å²) in [7, 11) is 0. The summed E-state index contributed by atoms with van der Waals surface area (Å²) < 4.78 is 0.933. The van der Waals surface area contributed by atoms with E-state index in [1.54, 1.807) is 0 Å². The monoisotopic (exact) mass is 336 g/mol. The van der Waals surface area contributed by atoms with Gasteiger partial charge in [0, 0.05) is 20.7 Å². The average Bonchev–Trinajstić information content (AvgIpc) is 2.39. The minimum absolute atomic E-state index is 0.0430. The van der Waals surface area contributed by atoms with Gasteiger partial charge in [-0.1, -0.05) is 34.1 Å². The zero-order valence-corrected chi connectivity index (χ0v) is 12.5. The van der Waals surface area contributed by atoms with E-state index in [0.717, 1.165) is 15.1 Å². The molecule has 0 fully saturated rings. The lowest BCUT2D eigenvalue weighted by Gasteiger charge is -2.07. The molecule has 0 unspecified atom stereocenters. The van der Waals surface area contributed by atoms with Gasteiger partial charge >= 0.3 is 0 Å². The lowest BCUT2D eigenvalue weighted by atomic mass is 10.3. The molecule has 2 aromatic rings. The maximum absolute atomic E-state index is 11.8. The molecule has 0 heterocycles. The van der Waals surface area contributed by atoms with Gasteiger partial charge in [0.05, 0.1) is 5.75 Å². The second-order valence-electron chi connectivity index (χ2n) is 3.89. The Bertz CT molecular complexity index is 575. The number of nitrogens with one attached hydrogen (secondary N) is 1. The minimum Gasteiger partial charge on any atom is -0.398 e. The van der Waals surface area contributed by atoms with E-state index < -0.39 is 0 Å². The van der Waals surface area contributed by atoms with Crippen molar-refractivity contribution >= 4 is 45.0 Å². The van der Waals surface area contributed by atoms with Crippen molar-refractivity contribution in [2.45, 2.75) is 4.90 Å². The number of carbonyl (C=O) groups is 1. The minimum atomic E-state index is -0.0430. The number of rotatable bonds is 4. The third kappa shape index (κ3) is 4.29. The van der Waals surface area contributed by atoms with Gasteiger partial charge in [0.2, 0.25) is 5.91 Å². The number of benzene rings is 2. The molecule has 1 amide bonds. The summed E-state index contributed by atoms with van der Waals surface area (Å²) in [5.74, 6) is 0.291. The van der Waals surface area contributed by atoms with Gasteiger partial charge in [0.15, 0.2) is 0 Å². The Kier molecular flexibility index (Phi) is 4.87. The van der Waals surface area contributed by atoms with E-state index >= 15 is 0 Å². The number of hydrogen-bond donors (Lipinski definition) is 2. The van der Waals surface area contributed by atoms with Crippen LogP contribution in [0.1, 0.15) is 0 Å². The fourth-order valence-corrected chi connectivity index (χ4v) is 2.64. The number of para-hydroxylation sites is 1. The molecule has 0 aliphatic carbocycles. The molecular weight excluding hydrogens is 324 g/mol. The molecule has 5 heteroatoms. The van der Waals surface area contributed by atoms with Crippen LogP contribution in [0.3, 0.4) is 0 Å². The highest BCUT2D eigenvalue weighted by atomic mass is 79.9. The van der Waals surface area contributed by atoms with Gasteiger partial charge in [0.25, 0.3) is 0 Å². The van der Waals surface area contributed by atoms with E-state index in [1.807, 2.05) is 48.5 Å². The van der Waals surface area contributed by atoms with Gasteiger partial charge in [-0.2, -0.15) is 0 Å². The number of carbonyl (C=O) groups excluding carboxylic acids is 1. The van der Waals surface area contributed by atoms with Crippen LogP contribution in [0, 0.1) is 0 Å². The van der Waals surface area contributed by atoms with Crippen molar-refractivity contribution < 1.29 is 4.79 Å². The Morgan fingerprint density at radius 3 is 2.63 bits per heavy atom. The number of halogens is 1. The van der Waals surface area contributed by atoms with Crippen molar-refractivity contribution in [3.05, 3.63) is 53.0 Å². The third-order valence-corrected chi connectivity index (χ3v) is 3.97. The predicted molar refractivity (Wildman–Crippen MR) is 84.4 cm³/mol. The summed E-state index contributed by atoms with van der Waals surface area (Å²) in [4.78, 5) is 12.7. The Balaban J connectivity index is 1.90. The summed E-state index contributed by atoms with van der Waals surface area (Å²) in [5.41, 5.74) is 7.35. The van der Waals surface area contributed by atoms with Crippen molar-refractivity contribution in [1.82, 2.24) is 0 Å². The van der Waals surface area contributed by atoms with Crippen LogP contribution in [0.2, 0.25) is 0 Å². The van der Waals surface area contributed by atoms with Crippen molar-refractivity contribution in [3.63, 3.8) is 0 Å². The van der Waals surface area contributed by atoms with E-state index in [2.05, 4.69) is 21.2 Å². The smallest absolute Gasteiger partial charge is 0.234 e. The van der Waals surface area contributed by atoms with E-state index in [-0.39, 0.29) is 5.91 Å². The van der Waals surface area contributed by atoms with Crippen LogP contribution in [0.25, 0.3) is 0 Å². The molecule has 0 saturated carbocycles. The van der Waals surface area contributed by atoms with Crippen LogP contribution in [-0.2, 0) is 4.79 Å². The summed E-state index contributed by atoms with van der Waals surface area (Å²) in [6, 6.07) is 15.0. The van der Waals surface area contributed by atoms with E-state index in [0.29, 0.717) is 11.4 Å². The van der Waals surface area contributed by atoms with Gasteiger partial charge < -0.3 is 11.1 Å². The Morgan fingerprint density at radius 2 is 1.95 bits per heavy atom. The van der Waals surface area contributed by atoms with Crippen LogP contribution in [0.5, 0.6) is 0 Å². The lowest BCUT2D eigenvalue weighted by Crippen LogP contribution is -2.13. The van der Waals surface area contributed by atoms with Gasteiger partial charge in [-0.15, -0.1) is 11.8 Å². The fourth-order valence-electron chi connectivity index (χ4n) is 1.51. The normalized spacial score (nSPS) is 10.2. The molecule has 0 aromatic heterocycles. The molecule has 2 aromatic carbocycles. The maximum atomic E-state index is 11.8. The second-order valence-corrected chi connectivity index (χ2v) is 5.82. The molecule has 0 atom stereocenters. The zero-order chi connectivity index (χ0) is 13.7. The molecule has 0 aliphatic heterocycles. The van der Waals surface area contributed by atoms with E-state index in [9.17, 15) is 4.79 Å². The van der Waals surface area contributed by atoms with Crippen molar-refractivity contribution in [2.24, 2.45) is 0 Å². The van der Waals surface area contributed by atoms with Crippen molar-refractivity contribution in [3.8, 4) is 0 Å². The number of hydrogen-bond acceptors (Lipinski definition) is 3. The van der Waals surface area contributed by atoms with Crippen molar-refractivity contribution in [1.29, 1.82) is 0 Å². The Labute approximate surface area is 124 Å². The first-order valence-electron chi connectivity index (χ1n) is 5.68. The predicted octanol–water partition coefficient (Wildman–Crippen LogP) is 3.76. The molecule has 98 valence electrons. The average molecular weight is 337 g/mol. The first-order valence-corrected chi connectivity index (χ1v) is 7.46. The zero-order valence-electron chi connectivity index (χ0n) is 10.1. The quantitative estimate of drug-likeness (QED) is 0.660. The number of anilines is 2. The number of thioether (sulfide) groups is 1. The molecule has 0 bridgehead atoms. The van der Waals surface area contributed by atoms with Crippen LogP contribution in [0.4, 0.5) is 11.4 Å². The topological polar surface area (TPSA) is 55.1 Å². The molecule has 0 radical (unpaired) electrons. The SMILES string of the molecule is Nc1cc(Br)ccc1SCC(=O)Nc1ccccc1. The summed E-state index contributed by atoms with van der Waals surface area (Å²) in [5, 5.41) is 2.83. The van der Waals surface area contributed by atoms with E-state index in [4.69, 9.17) is 5.73 Å². The Hall–Kier alpha value is -1.46. The fraction of sp³-hybridized carbons (Fsp3) is 0.0714. The van der Waals surface area contributed by atoms with Crippen LogP contribution < -0.4 is 11.1 Å². The molecule has 0 saturated heterocycles. The lowest BCUT2D eigenvalue weighted by molar-refractivity contribution is -0.113. The van der Waals surface area contributed by atoms with Gasteiger partial charge in [-0.25, -0.2) is 0 Å². The summed E-state index contributed by atoms with van der Waals surface area (Å²) in [6.45, 7) is 0. The summed E-state index contributed by atoms with van der Waals surface area (Å²) in [6.07, 6.45) is 0. The maximum Gasteiger partial charge on any atom is 0.234 e. The first kappa shape index (κ1) is 14.0.